The van der Waals surface area contributed by atoms with Gasteiger partial charge in [0.25, 0.3) is 5.89 Å². The number of nitrogens with two attached hydrogens (primary N) is 1. The molecule has 0 bridgehead atoms. The lowest BCUT2D eigenvalue weighted by Crippen LogP contribution is -1.92. The first-order valence-corrected chi connectivity index (χ1v) is 6.05. The van der Waals surface area contributed by atoms with Gasteiger partial charge in [-0.25, -0.2) is 0 Å². The summed E-state index contributed by atoms with van der Waals surface area (Å²) in [5, 5.41) is 3.92. The SMILES string of the molecule is CC(C)c1noc(-c2cc(I)ccc2N)n1. The van der Waals surface area contributed by atoms with Crippen molar-refractivity contribution in [3.05, 3.63) is 27.6 Å². The molecule has 1 heterocycles. The van der Waals surface area contributed by atoms with Gasteiger partial charge in [-0.1, -0.05) is 19.0 Å². The van der Waals surface area contributed by atoms with E-state index in [0.717, 1.165) is 9.13 Å². The Bertz CT molecular complexity index is 508. The molecule has 0 radical (unpaired) electrons. The normalized spacial score (nSPS) is 11.0. The van der Waals surface area contributed by atoms with Crippen molar-refractivity contribution in [1.29, 1.82) is 0 Å². The van der Waals surface area contributed by atoms with Crippen LogP contribution in [0.2, 0.25) is 0 Å². The molecule has 2 rings (SSSR count). The minimum absolute atomic E-state index is 0.251. The van der Waals surface area contributed by atoms with Crippen LogP contribution in [0.25, 0.3) is 11.5 Å². The molecule has 0 saturated heterocycles. The Labute approximate surface area is 107 Å². The minimum Gasteiger partial charge on any atom is -0.398 e. The average Bonchev–Trinajstić information content (AvgIpc) is 2.70. The van der Waals surface area contributed by atoms with Gasteiger partial charge in [-0.05, 0) is 40.8 Å². The Morgan fingerprint density at radius 3 is 2.75 bits per heavy atom. The topological polar surface area (TPSA) is 64.9 Å². The summed E-state index contributed by atoms with van der Waals surface area (Å²) in [6, 6.07) is 5.73. The highest BCUT2D eigenvalue weighted by Gasteiger charge is 2.13. The summed E-state index contributed by atoms with van der Waals surface area (Å²) in [5.74, 6) is 1.44. The van der Waals surface area contributed by atoms with Crippen molar-refractivity contribution in [1.82, 2.24) is 10.1 Å². The van der Waals surface area contributed by atoms with Gasteiger partial charge in [0.2, 0.25) is 0 Å². The second kappa shape index (κ2) is 4.40. The van der Waals surface area contributed by atoms with Crippen LogP contribution in [-0.2, 0) is 0 Å². The maximum atomic E-state index is 5.88. The molecule has 4 nitrogen and oxygen atoms in total. The first kappa shape index (κ1) is 11.4. The zero-order valence-corrected chi connectivity index (χ0v) is 11.2. The van der Waals surface area contributed by atoms with E-state index >= 15 is 0 Å². The summed E-state index contributed by atoms with van der Waals surface area (Å²) < 4.78 is 6.29. The van der Waals surface area contributed by atoms with E-state index in [1.165, 1.54) is 0 Å². The van der Waals surface area contributed by atoms with E-state index in [9.17, 15) is 0 Å². The molecule has 5 heteroatoms. The molecule has 0 unspecified atom stereocenters. The van der Waals surface area contributed by atoms with Gasteiger partial charge in [-0.3, -0.25) is 0 Å². The van der Waals surface area contributed by atoms with Gasteiger partial charge in [0.15, 0.2) is 5.82 Å². The van der Waals surface area contributed by atoms with Gasteiger partial charge >= 0.3 is 0 Å². The van der Waals surface area contributed by atoms with Crippen molar-refractivity contribution < 1.29 is 4.52 Å². The summed E-state index contributed by atoms with van der Waals surface area (Å²) in [6.45, 7) is 4.04. The number of aromatic nitrogens is 2. The molecule has 0 aliphatic heterocycles. The first-order valence-electron chi connectivity index (χ1n) is 4.97. The first-order chi connectivity index (χ1) is 7.58. The standard InChI is InChI=1S/C11H12IN3O/c1-6(2)10-14-11(16-15-10)8-5-7(12)3-4-9(8)13/h3-6H,13H2,1-2H3. The van der Waals surface area contributed by atoms with Gasteiger partial charge in [-0.15, -0.1) is 0 Å². The predicted molar refractivity (Wildman–Crippen MR) is 71.0 cm³/mol. The lowest BCUT2D eigenvalue weighted by molar-refractivity contribution is 0.419. The molecule has 0 aliphatic carbocycles. The Morgan fingerprint density at radius 1 is 1.38 bits per heavy atom. The van der Waals surface area contributed by atoms with Crippen LogP contribution in [0.1, 0.15) is 25.6 Å². The number of nitrogens with zero attached hydrogens (tertiary/aromatic N) is 2. The lowest BCUT2D eigenvalue weighted by Gasteiger charge is -2.00. The molecule has 0 atom stereocenters. The number of nitrogen functional groups attached to an aromatic ring is 1. The van der Waals surface area contributed by atoms with E-state index in [1.54, 1.807) is 0 Å². The number of rotatable bonds is 2. The van der Waals surface area contributed by atoms with E-state index in [4.69, 9.17) is 10.3 Å². The zero-order chi connectivity index (χ0) is 11.7. The van der Waals surface area contributed by atoms with Crippen LogP contribution in [0, 0.1) is 3.57 Å². The third-order valence-corrected chi connectivity index (χ3v) is 2.87. The van der Waals surface area contributed by atoms with Gasteiger partial charge in [-0.2, -0.15) is 4.98 Å². The molecule has 84 valence electrons. The van der Waals surface area contributed by atoms with Crippen LogP contribution in [0.15, 0.2) is 22.7 Å². The molecule has 0 amide bonds. The molecule has 0 saturated carbocycles. The van der Waals surface area contributed by atoms with Crippen LogP contribution >= 0.6 is 22.6 Å². The molecule has 0 fully saturated rings. The summed E-state index contributed by atoms with van der Waals surface area (Å²) in [7, 11) is 0. The van der Waals surface area contributed by atoms with Gasteiger partial charge in [0.1, 0.15) is 0 Å². The van der Waals surface area contributed by atoms with Crippen LogP contribution in [0.4, 0.5) is 5.69 Å². The molecule has 1 aromatic heterocycles. The number of hydrogen-bond donors (Lipinski definition) is 1. The highest BCUT2D eigenvalue weighted by molar-refractivity contribution is 14.1. The summed E-state index contributed by atoms with van der Waals surface area (Å²) in [4.78, 5) is 4.32. The quantitative estimate of drug-likeness (QED) is 0.679. The Balaban J connectivity index is 2.46. The molecule has 16 heavy (non-hydrogen) atoms. The number of anilines is 1. The molecule has 0 spiro atoms. The number of halogens is 1. The summed E-state index contributed by atoms with van der Waals surface area (Å²) in [6.07, 6.45) is 0. The largest absolute Gasteiger partial charge is 0.398 e. The van der Waals surface area contributed by atoms with Crippen molar-refractivity contribution in [2.75, 3.05) is 5.73 Å². The van der Waals surface area contributed by atoms with Crippen LogP contribution in [0.3, 0.4) is 0 Å². The Hall–Kier alpha value is -1.11. The van der Waals surface area contributed by atoms with Crippen LogP contribution < -0.4 is 5.73 Å². The highest BCUT2D eigenvalue weighted by atomic mass is 127. The fraction of sp³-hybridized carbons (Fsp3) is 0.273. The Morgan fingerprint density at radius 2 is 2.12 bits per heavy atom. The molecular weight excluding hydrogens is 317 g/mol. The molecular formula is C11H12IN3O. The molecule has 0 aliphatic rings. The van der Waals surface area contributed by atoms with E-state index in [2.05, 4.69) is 32.7 Å². The van der Waals surface area contributed by atoms with Gasteiger partial charge < -0.3 is 10.3 Å². The van der Waals surface area contributed by atoms with E-state index in [1.807, 2.05) is 32.0 Å². The van der Waals surface area contributed by atoms with Crippen molar-refractivity contribution in [3.63, 3.8) is 0 Å². The lowest BCUT2D eigenvalue weighted by atomic mass is 10.2. The van der Waals surface area contributed by atoms with Crippen molar-refractivity contribution in [3.8, 4) is 11.5 Å². The summed E-state index contributed by atoms with van der Waals surface area (Å²) >= 11 is 2.22. The summed E-state index contributed by atoms with van der Waals surface area (Å²) in [5.41, 5.74) is 7.33. The van der Waals surface area contributed by atoms with Crippen molar-refractivity contribution >= 4 is 28.3 Å². The zero-order valence-electron chi connectivity index (χ0n) is 9.07. The van der Waals surface area contributed by atoms with Crippen molar-refractivity contribution in [2.45, 2.75) is 19.8 Å². The van der Waals surface area contributed by atoms with E-state index < -0.39 is 0 Å². The Kier molecular flexibility index (Phi) is 3.13. The van der Waals surface area contributed by atoms with E-state index in [0.29, 0.717) is 17.4 Å². The van der Waals surface area contributed by atoms with E-state index in [-0.39, 0.29) is 5.92 Å². The second-order valence-electron chi connectivity index (χ2n) is 3.84. The van der Waals surface area contributed by atoms with Crippen LogP contribution in [0.5, 0.6) is 0 Å². The fourth-order valence-electron chi connectivity index (χ4n) is 1.29. The molecule has 1 aromatic carbocycles. The van der Waals surface area contributed by atoms with Gasteiger partial charge in [0, 0.05) is 15.2 Å². The molecule has 2 aromatic rings. The predicted octanol–water partition coefficient (Wildman–Crippen LogP) is 3.05. The smallest absolute Gasteiger partial charge is 0.260 e. The fourth-order valence-corrected chi connectivity index (χ4v) is 1.78. The second-order valence-corrected chi connectivity index (χ2v) is 5.09. The average molecular weight is 329 g/mol. The van der Waals surface area contributed by atoms with Crippen LogP contribution in [-0.4, -0.2) is 10.1 Å². The highest BCUT2D eigenvalue weighted by Crippen LogP contribution is 2.27. The third-order valence-electron chi connectivity index (χ3n) is 2.20. The minimum atomic E-state index is 0.251. The van der Waals surface area contributed by atoms with Crippen molar-refractivity contribution in [2.24, 2.45) is 0 Å². The maximum Gasteiger partial charge on any atom is 0.260 e. The molecule has 2 N–H and O–H groups in total. The number of hydrogen-bond acceptors (Lipinski definition) is 4. The van der Waals surface area contributed by atoms with Gasteiger partial charge in [0.05, 0.1) is 5.56 Å². The monoisotopic (exact) mass is 329 g/mol. The maximum absolute atomic E-state index is 5.88. The number of benzene rings is 1. The third kappa shape index (κ3) is 2.18.